The summed E-state index contributed by atoms with van der Waals surface area (Å²) in [6.07, 6.45) is 4.15. The van der Waals surface area contributed by atoms with Gasteiger partial charge in [-0.2, -0.15) is 5.10 Å². The molecule has 6 rings (SSSR count). The first-order chi connectivity index (χ1) is 14.1. The number of aromatic nitrogens is 3. The molecule has 0 bridgehead atoms. The second-order valence-electron chi connectivity index (χ2n) is 8.69. The van der Waals surface area contributed by atoms with Crippen molar-refractivity contribution >= 4 is 16.7 Å². The van der Waals surface area contributed by atoms with Gasteiger partial charge in [0.1, 0.15) is 22.9 Å². The molecular weight excluding hydrogens is 362 g/mol. The summed E-state index contributed by atoms with van der Waals surface area (Å²) < 4.78 is 6.14. The van der Waals surface area contributed by atoms with E-state index >= 15 is 0 Å². The number of rotatable bonds is 4. The molecule has 2 aliphatic heterocycles. The fourth-order valence-corrected chi connectivity index (χ4v) is 4.21. The third kappa shape index (κ3) is 3.25. The molecule has 3 fully saturated rings. The largest absolute Gasteiger partial charge is 0.488 e. The summed E-state index contributed by atoms with van der Waals surface area (Å²) in [6.45, 7) is 10.6. The van der Waals surface area contributed by atoms with Crippen molar-refractivity contribution in [3.8, 4) is 17.0 Å². The number of fused-ring (bicyclic) bond motifs is 1. The number of anilines is 1. The van der Waals surface area contributed by atoms with Crippen LogP contribution in [0, 0.1) is 5.41 Å². The summed E-state index contributed by atoms with van der Waals surface area (Å²) >= 11 is 0. The van der Waals surface area contributed by atoms with E-state index in [9.17, 15) is 0 Å². The van der Waals surface area contributed by atoms with Gasteiger partial charge in [0.25, 0.3) is 0 Å². The maximum atomic E-state index is 6.14. The van der Waals surface area contributed by atoms with Crippen LogP contribution in [0.3, 0.4) is 0 Å². The first-order valence-corrected chi connectivity index (χ1v) is 10.7. The Balaban J connectivity index is 0.000000882. The van der Waals surface area contributed by atoms with Gasteiger partial charge in [0.15, 0.2) is 0 Å². The highest BCUT2D eigenvalue weighted by Crippen LogP contribution is 2.41. The quantitative estimate of drug-likeness (QED) is 0.704. The Labute approximate surface area is 171 Å². The first-order valence-electron chi connectivity index (χ1n) is 10.7. The Morgan fingerprint density at radius 2 is 1.86 bits per heavy atom. The maximum absolute atomic E-state index is 6.14. The van der Waals surface area contributed by atoms with Crippen molar-refractivity contribution in [3.63, 3.8) is 0 Å². The van der Waals surface area contributed by atoms with Crippen LogP contribution in [-0.4, -0.2) is 47.0 Å². The van der Waals surface area contributed by atoms with Gasteiger partial charge in [0, 0.05) is 48.7 Å². The van der Waals surface area contributed by atoms with Crippen LogP contribution in [-0.2, 0) is 0 Å². The minimum absolute atomic E-state index is 0.0191. The molecule has 152 valence electrons. The lowest BCUT2D eigenvalue weighted by Crippen LogP contribution is -2.71. The molecule has 3 aliphatic rings. The zero-order chi connectivity index (χ0) is 20.1. The molecule has 4 heterocycles. The van der Waals surface area contributed by atoms with Gasteiger partial charge >= 0.3 is 0 Å². The minimum Gasteiger partial charge on any atom is -0.488 e. The number of nitrogens with zero attached hydrogens (tertiary/aromatic N) is 3. The predicted octanol–water partition coefficient (Wildman–Crippen LogP) is 3.99. The summed E-state index contributed by atoms with van der Waals surface area (Å²) in [5.74, 6) is 1.96. The molecule has 0 radical (unpaired) electrons. The number of aromatic amines is 1. The van der Waals surface area contributed by atoms with E-state index in [1.165, 1.54) is 0 Å². The Hall–Kier alpha value is -2.60. The lowest BCUT2D eigenvalue weighted by Gasteiger charge is -2.56. The van der Waals surface area contributed by atoms with Crippen LogP contribution in [0.2, 0.25) is 0 Å². The Morgan fingerprint density at radius 1 is 1.07 bits per heavy atom. The van der Waals surface area contributed by atoms with Crippen molar-refractivity contribution in [2.75, 3.05) is 31.1 Å². The van der Waals surface area contributed by atoms with Crippen molar-refractivity contribution in [1.29, 1.82) is 0 Å². The lowest BCUT2D eigenvalue weighted by molar-refractivity contribution is 0.120. The first kappa shape index (κ1) is 18.4. The number of benzene rings is 1. The van der Waals surface area contributed by atoms with Crippen LogP contribution in [0.5, 0.6) is 5.75 Å². The highest BCUT2D eigenvalue weighted by Gasteiger charge is 2.48. The van der Waals surface area contributed by atoms with E-state index in [1.807, 2.05) is 32.2 Å². The monoisotopic (exact) mass is 391 g/mol. The van der Waals surface area contributed by atoms with Crippen LogP contribution in [0.25, 0.3) is 22.2 Å². The van der Waals surface area contributed by atoms with Gasteiger partial charge in [0.2, 0.25) is 0 Å². The number of pyridine rings is 1. The molecule has 0 atom stereocenters. The van der Waals surface area contributed by atoms with Crippen molar-refractivity contribution in [2.24, 2.45) is 5.41 Å². The molecule has 6 heteroatoms. The van der Waals surface area contributed by atoms with Gasteiger partial charge in [-0.1, -0.05) is 13.8 Å². The number of hydrogen-bond acceptors (Lipinski definition) is 5. The van der Waals surface area contributed by atoms with E-state index < -0.39 is 0 Å². The zero-order valence-electron chi connectivity index (χ0n) is 17.5. The molecule has 6 nitrogen and oxygen atoms in total. The van der Waals surface area contributed by atoms with Crippen LogP contribution in [0.1, 0.15) is 33.6 Å². The second kappa shape index (κ2) is 6.73. The van der Waals surface area contributed by atoms with Gasteiger partial charge in [-0.05, 0) is 50.1 Å². The molecular formula is C23H29N5O. The summed E-state index contributed by atoms with van der Waals surface area (Å²) in [7, 11) is 0. The van der Waals surface area contributed by atoms with E-state index in [0.29, 0.717) is 5.41 Å². The van der Waals surface area contributed by atoms with Crippen molar-refractivity contribution in [1.82, 2.24) is 20.5 Å². The van der Waals surface area contributed by atoms with E-state index in [1.54, 1.807) is 0 Å². The molecule has 2 saturated heterocycles. The van der Waals surface area contributed by atoms with E-state index in [4.69, 9.17) is 4.74 Å². The predicted molar refractivity (Wildman–Crippen MR) is 116 cm³/mol. The molecule has 2 aromatic heterocycles. The molecule has 1 aliphatic carbocycles. The van der Waals surface area contributed by atoms with Gasteiger partial charge < -0.3 is 15.0 Å². The number of ether oxygens (including phenoxy) is 1. The van der Waals surface area contributed by atoms with Crippen LogP contribution in [0.4, 0.5) is 5.82 Å². The average Bonchev–Trinajstić information content (AvgIpc) is 3.24. The van der Waals surface area contributed by atoms with Crippen molar-refractivity contribution in [3.05, 3.63) is 36.5 Å². The summed E-state index contributed by atoms with van der Waals surface area (Å²) in [4.78, 5) is 6.96. The molecule has 0 amide bonds. The normalized spacial score (nSPS) is 20.4. The Kier molecular flexibility index (Phi) is 4.28. The fourth-order valence-electron chi connectivity index (χ4n) is 4.21. The Bertz CT molecular complexity index is 1030. The zero-order valence-corrected chi connectivity index (χ0v) is 17.5. The third-order valence-electron chi connectivity index (χ3n) is 6.25. The highest BCUT2D eigenvalue weighted by atomic mass is 16.5. The molecule has 2 N–H and O–H groups in total. The molecule has 1 aromatic carbocycles. The van der Waals surface area contributed by atoms with E-state index in [2.05, 4.69) is 50.5 Å². The fraction of sp³-hybridized carbons (Fsp3) is 0.478. The Morgan fingerprint density at radius 3 is 2.55 bits per heavy atom. The van der Waals surface area contributed by atoms with Crippen LogP contribution < -0.4 is 15.0 Å². The molecule has 3 aromatic rings. The number of H-pyrrole nitrogens is 1. The topological polar surface area (TPSA) is 66.1 Å². The van der Waals surface area contributed by atoms with Gasteiger partial charge in [-0.15, -0.1) is 0 Å². The highest BCUT2D eigenvalue weighted by molar-refractivity contribution is 5.94. The molecule has 29 heavy (non-hydrogen) atoms. The average molecular weight is 392 g/mol. The molecule has 0 unspecified atom stereocenters. The SMILES string of the molecule is CC.CC1(Oc2ccc3[nH]nc(-c4ccnc(N5CC6(CNC6)C5)c4)c3c2)CC1. The number of nitrogens with one attached hydrogen (secondary N) is 2. The van der Waals surface area contributed by atoms with E-state index in [-0.39, 0.29) is 5.60 Å². The lowest BCUT2D eigenvalue weighted by atomic mass is 9.74. The van der Waals surface area contributed by atoms with Gasteiger partial charge in [0.05, 0.1) is 5.52 Å². The van der Waals surface area contributed by atoms with Gasteiger partial charge in [-0.3, -0.25) is 5.10 Å². The van der Waals surface area contributed by atoms with Gasteiger partial charge in [-0.25, -0.2) is 4.98 Å². The molecule has 1 spiro atoms. The summed E-state index contributed by atoms with van der Waals surface area (Å²) in [5.41, 5.74) is 3.59. The third-order valence-corrected chi connectivity index (χ3v) is 6.25. The van der Waals surface area contributed by atoms with Crippen molar-refractivity contribution in [2.45, 2.75) is 39.2 Å². The van der Waals surface area contributed by atoms with Crippen LogP contribution in [0.15, 0.2) is 36.5 Å². The minimum atomic E-state index is 0.0191. The summed E-state index contributed by atoms with van der Waals surface area (Å²) in [6, 6.07) is 10.4. The maximum Gasteiger partial charge on any atom is 0.129 e. The standard InChI is InChI=1S/C21H23N5O.C2H6/c1-20(5-6-20)27-15-2-3-17-16(9-15)19(25-24-17)14-4-7-23-18(8-14)26-12-21(13-26)10-22-11-21;1-2/h2-4,7-9,22H,5-6,10-13H2,1H3,(H,24,25);1-2H3. The van der Waals surface area contributed by atoms with Crippen molar-refractivity contribution < 1.29 is 4.74 Å². The smallest absolute Gasteiger partial charge is 0.129 e. The van der Waals surface area contributed by atoms with E-state index in [0.717, 1.165) is 72.7 Å². The number of hydrogen-bond donors (Lipinski definition) is 2. The molecule has 1 saturated carbocycles. The summed E-state index contributed by atoms with van der Waals surface area (Å²) in [5, 5.41) is 12.2. The second-order valence-corrected chi connectivity index (χ2v) is 8.69. The van der Waals surface area contributed by atoms with Crippen LogP contribution >= 0.6 is 0 Å².